The Hall–Kier alpha value is -3.61. The third kappa shape index (κ3) is 4.95. The molecule has 3 aromatic heterocycles. The minimum atomic E-state index is -0.319. The number of carbonyl (C=O) groups excluding carboxylic acids is 1. The lowest BCUT2D eigenvalue weighted by atomic mass is 9.57. The smallest absolute Gasteiger partial charge is 0.274 e. The van der Waals surface area contributed by atoms with Crippen LogP contribution in [0.4, 0.5) is 5.69 Å². The normalized spacial score (nSPS) is 23.3. The van der Waals surface area contributed by atoms with Gasteiger partial charge in [0.1, 0.15) is 22.7 Å². The molecular weight excluding hydrogens is 506 g/mol. The standard InChI is InChI=1S/C30H33N7OS/c1-20-5-4-11-37(17-20)18-22-13-26(34-28-25(22)9-12-39-28)27(38)33-24-7-3-6-23(14-24)30(15-21(16-30)8-10-31)29-35-32-19-36(29)2/h3,6-7,9,12-14,19-21H,4-5,8,11,15-18H2,1-2H3,(H,33,38)/t20-,21?,30?/m0/s1. The number of rotatable bonds is 7. The summed E-state index contributed by atoms with van der Waals surface area (Å²) in [6.07, 6.45) is 6.42. The Kier molecular flexibility index (Phi) is 6.92. The molecule has 1 saturated heterocycles. The summed E-state index contributed by atoms with van der Waals surface area (Å²) in [6.45, 7) is 5.33. The lowest BCUT2D eigenvalue weighted by Crippen LogP contribution is -2.44. The van der Waals surface area contributed by atoms with E-state index in [-0.39, 0.29) is 11.3 Å². The molecular formula is C30H33N7OS. The van der Waals surface area contributed by atoms with Gasteiger partial charge in [0, 0.05) is 37.6 Å². The molecule has 0 bridgehead atoms. The third-order valence-electron chi connectivity index (χ3n) is 8.36. The van der Waals surface area contributed by atoms with Crippen LogP contribution in [0.25, 0.3) is 10.2 Å². The fourth-order valence-electron chi connectivity index (χ4n) is 6.49. The van der Waals surface area contributed by atoms with Crippen molar-refractivity contribution in [2.24, 2.45) is 18.9 Å². The van der Waals surface area contributed by atoms with E-state index >= 15 is 0 Å². The Morgan fingerprint density at radius 1 is 1.28 bits per heavy atom. The number of aromatic nitrogens is 4. The van der Waals surface area contributed by atoms with E-state index in [9.17, 15) is 10.1 Å². The number of fused-ring (bicyclic) bond motifs is 1. The van der Waals surface area contributed by atoms with Crippen molar-refractivity contribution in [2.75, 3.05) is 18.4 Å². The molecule has 4 aromatic rings. The summed E-state index contributed by atoms with van der Waals surface area (Å²) < 4.78 is 1.96. The number of likely N-dealkylation sites (tertiary alicyclic amines) is 1. The van der Waals surface area contributed by atoms with E-state index in [1.165, 1.54) is 12.8 Å². The molecule has 2 fully saturated rings. The first kappa shape index (κ1) is 25.7. The predicted molar refractivity (Wildman–Crippen MR) is 152 cm³/mol. The van der Waals surface area contributed by atoms with Crippen molar-refractivity contribution in [1.82, 2.24) is 24.6 Å². The molecule has 1 saturated carbocycles. The van der Waals surface area contributed by atoms with Crippen LogP contribution in [0.5, 0.6) is 0 Å². The highest BCUT2D eigenvalue weighted by Crippen LogP contribution is 2.53. The maximum absolute atomic E-state index is 13.5. The van der Waals surface area contributed by atoms with E-state index < -0.39 is 0 Å². The number of thiophene rings is 1. The lowest BCUT2D eigenvalue weighted by Gasteiger charge is -2.46. The van der Waals surface area contributed by atoms with Gasteiger partial charge in [-0.1, -0.05) is 19.1 Å². The molecule has 0 unspecified atom stereocenters. The maximum Gasteiger partial charge on any atom is 0.274 e. The molecule has 200 valence electrons. The second-order valence-corrected chi connectivity index (χ2v) is 12.2. The molecule has 1 aliphatic heterocycles. The average molecular weight is 540 g/mol. The highest BCUT2D eigenvalue weighted by atomic mass is 32.1. The molecule has 6 rings (SSSR count). The van der Waals surface area contributed by atoms with E-state index in [4.69, 9.17) is 4.98 Å². The molecule has 2 aliphatic rings. The third-order valence-corrected chi connectivity index (χ3v) is 9.16. The average Bonchev–Trinajstić information content (AvgIpc) is 3.55. The summed E-state index contributed by atoms with van der Waals surface area (Å²) in [5, 5.41) is 24.1. The van der Waals surface area contributed by atoms with E-state index in [1.54, 1.807) is 17.7 Å². The molecule has 0 spiro atoms. The highest BCUT2D eigenvalue weighted by Gasteiger charge is 2.49. The van der Waals surface area contributed by atoms with Gasteiger partial charge >= 0.3 is 0 Å². The number of nitrogens with one attached hydrogen (secondary N) is 1. The number of piperidine rings is 1. The van der Waals surface area contributed by atoms with Gasteiger partial charge in [-0.2, -0.15) is 5.26 Å². The molecule has 39 heavy (non-hydrogen) atoms. The topological polar surface area (TPSA) is 99.7 Å². The fourth-order valence-corrected chi connectivity index (χ4v) is 7.30. The number of pyridine rings is 1. The van der Waals surface area contributed by atoms with Gasteiger partial charge in [0.15, 0.2) is 0 Å². The highest BCUT2D eigenvalue weighted by molar-refractivity contribution is 7.16. The fraction of sp³-hybridized carbons (Fsp3) is 0.433. The Morgan fingerprint density at radius 3 is 2.92 bits per heavy atom. The molecule has 1 aliphatic carbocycles. The number of nitriles is 1. The summed E-state index contributed by atoms with van der Waals surface area (Å²) in [6, 6.07) is 14.4. The van der Waals surface area contributed by atoms with Gasteiger partial charge in [-0.25, -0.2) is 4.98 Å². The second-order valence-electron chi connectivity index (χ2n) is 11.3. The van der Waals surface area contributed by atoms with Crippen LogP contribution >= 0.6 is 11.3 Å². The van der Waals surface area contributed by atoms with E-state index in [0.717, 1.165) is 65.3 Å². The van der Waals surface area contributed by atoms with Gasteiger partial charge in [0.25, 0.3) is 5.91 Å². The van der Waals surface area contributed by atoms with Crippen molar-refractivity contribution in [3.05, 3.63) is 70.8 Å². The van der Waals surface area contributed by atoms with E-state index in [0.29, 0.717) is 24.0 Å². The van der Waals surface area contributed by atoms with Crippen LogP contribution in [0.3, 0.4) is 0 Å². The Bertz CT molecular complexity index is 1540. The number of amides is 1. The molecule has 1 amide bonds. The molecule has 9 heteroatoms. The monoisotopic (exact) mass is 539 g/mol. The van der Waals surface area contributed by atoms with Gasteiger partial charge in [0.2, 0.25) is 0 Å². The number of aryl methyl sites for hydroxylation is 1. The number of anilines is 1. The van der Waals surface area contributed by atoms with Gasteiger partial charge in [0.05, 0.1) is 11.5 Å². The van der Waals surface area contributed by atoms with Crippen molar-refractivity contribution >= 4 is 33.1 Å². The van der Waals surface area contributed by atoms with E-state index in [1.807, 2.05) is 35.9 Å². The van der Waals surface area contributed by atoms with Crippen molar-refractivity contribution < 1.29 is 4.79 Å². The summed E-state index contributed by atoms with van der Waals surface area (Å²) in [4.78, 5) is 21.6. The number of benzene rings is 1. The first-order valence-corrected chi connectivity index (χ1v) is 14.6. The van der Waals surface area contributed by atoms with Crippen LogP contribution in [0.2, 0.25) is 0 Å². The minimum Gasteiger partial charge on any atom is -0.321 e. The van der Waals surface area contributed by atoms with E-state index in [2.05, 4.69) is 50.9 Å². The summed E-state index contributed by atoms with van der Waals surface area (Å²) >= 11 is 1.57. The predicted octanol–water partition coefficient (Wildman–Crippen LogP) is 5.52. The molecule has 1 atom stereocenters. The van der Waals surface area contributed by atoms with Gasteiger partial charge < -0.3 is 9.88 Å². The van der Waals surface area contributed by atoms with Crippen LogP contribution < -0.4 is 5.32 Å². The first-order chi connectivity index (χ1) is 18.9. The zero-order valence-electron chi connectivity index (χ0n) is 22.4. The van der Waals surface area contributed by atoms with Crippen molar-refractivity contribution in [3.8, 4) is 6.07 Å². The molecule has 1 N–H and O–H groups in total. The van der Waals surface area contributed by atoms with Gasteiger partial charge in [-0.05, 0) is 84.8 Å². The van der Waals surface area contributed by atoms with Crippen molar-refractivity contribution in [1.29, 1.82) is 5.26 Å². The minimum absolute atomic E-state index is 0.209. The number of hydrogen-bond donors (Lipinski definition) is 1. The van der Waals surface area contributed by atoms with Crippen LogP contribution in [0.1, 0.15) is 66.5 Å². The molecule has 1 aromatic carbocycles. The zero-order valence-corrected chi connectivity index (χ0v) is 23.2. The largest absolute Gasteiger partial charge is 0.321 e. The van der Waals surface area contributed by atoms with Gasteiger partial charge in [-0.15, -0.1) is 21.5 Å². The van der Waals surface area contributed by atoms with Crippen LogP contribution in [0, 0.1) is 23.2 Å². The summed E-state index contributed by atoms with van der Waals surface area (Å²) in [5.74, 6) is 1.71. The SMILES string of the molecule is C[C@H]1CCCN(Cc2cc(C(=O)Nc3cccc(C4(c5nncn5C)CC(CC#N)C4)c3)nc3sccc23)C1. The quantitative estimate of drug-likeness (QED) is 0.332. The van der Waals surface area contributed by atoms with Crippen molar-refractivity contribution in [3.63, 3.8) is 0 Å². The molecule has 8 nitrogen and oxygen atoms in total. The number of nitrogens with zero attached hydrogens (tertiary/aromatic N) is 6. The number of carbonyl (C=O) groups is 1. The molecule has 4 heterocycles. The number of hydrogen-bond acceptors (Lipinski definition) is 7. The Morgan fingerprint density at radius 2 is 2.15 bits per heavy atom. The van der Waals surface area contributed by atoms with Crippen molar-refractivity contribution in [2.45, 2.75) is 51.0 Å². The zero-order chi connectivity index (χ0) is 27.0. The second kappa shape index (κ2) is 10.5. The molecule has 0 radical (unpaired) electrons. The Labute approximate surface area is 232 Å². The Balaban J connectivity index is 1.26. The maximum atomic E-state index is 13.5. The van der Waals surface area contributed by atoms with Gasteiger partial charge in [-0.3, -0.25) is 9.69 Å². The summed E-state index contributed by atoms with van der Waals surface area (Å²) in [5.41, 5.74) is 3.08. The van der Waals surface area contributed by atoms with Crippen LogP contribution in [-0.4, -0.2) is 43.6 Å². The van der Waals surface area contributed by atoms with Crippen LogP contribution in [0.15, 0.2) is 48.1 Å². The summed E-state index contributed by atoms with van der Waals surface area (Å²) in [7, 11) is 1.95. The van der Waals surface area contributed by atoms with Crippen LogP contribution in [-0.2, 0) is 19.0 Å². The first-order valence-electron chi connectivity index (χ1n) is 13.7. The lowest BCUT2D eigenvalue weighted by molar-refractivity contribution is 0.102.